The highest BCUT2D eigenvalue weighted by molar-refractivity contribution is 5.37. The van der Waals surface area contributed by atoms with Crippen molar-refractivity contribution in [2.75, 3.05) is 46.4 Å². The van der Waals surface area contributed by atoms with Crippen LogP contribution in [0.5, 0.6) is 5.75 Å². The summed E-state index contributed by atoms with van der Waals surface area (Å²) in [7, 11) is 2.31. The second kappa shape index (κ2) is 6.12. The maximum atomic E-state index is 5.64. The van der Waals surface area contributed by atoms with Crippen molar-refractivity contribution in [1.82, 2.24) is 0 Å². The molecule has 1 aromatic rings. The van der Waals surface area contributed by atoms with E-state index in [0.29, 0.717) is 6.04 Å². The quantitative estimate of drug-likeness (QED) is 0.567. The monoisotopic (exact) mass is 278 g/mol. The lowest BCUT2D eigenvalue weighted by molar-refractivity contribution is -1.03. The van der Waals surface area contributed by atoms with Crippen molar-refractivity contribution in [3.05, 3.63) is 29.3 Å². The Labute approximate surface area is 121 Å². The standard InChI is InChI=1S/C16H25N3O/c1-3-20-14-4-5-15-13(10-14)11-17-12-16(15)19-8-6-18(2)7-9-19/h4-5,10,16-17H,3,6-9,11-12H2,1-2H3/p+3/t16-/m0/s1. The third kappa shape index (κ3) is 2.82. The van der Waals surface area contributed by atoms with E-state index in [9.17, 15) is 0 Å². The van der Waals surface area contributed by atoms with E-state index in [0.717, 1.165) is 18.9 Å². The highest BCUT2D eigenvalue weighted by Gasteiger charge is 2.34. The van der Waals surface area contributed by atoms with Crippen molar-refractivity contribution in [3.8, 4) is 5.75 Å². The zero-order chi connectivity index (χ0) is 13.9. The van der Waals surface area contributed by atoms with Gasteiger partial charge in [0, 0.05) is 11.1 Å². The smallest absolute Gasteiger partial charge is 0.163 e. The Morgan fingerprint density at radius 3 is 2.80 bits per heavy atom. The van der Waals surface area contributed by atoms with Gasteiger partial charge >= 0.3 is 0 Å². The topological polar surface area (TPSA) is 34.7 Å². The maximum Gasteiger partial charge on any atom is 0.163 e. The first-order chi connectivity index (χ1) is 9.78. The zero-order valence-corrected chi connectivity index (χ0v) is 12.7. The van der Waals surface area contributed by atoms with E-state index in [1.165, 1.54) is 38.3 Å². The van der Waals surface area contributed by atoms with Crippen molar-refractivity contribution in [2.24, 2.45) is 0 Å². The average Bonchev–Trinajstić information content (AvgIpc) is 2.48. The number of rotatable bonds is 3. The van der Waals surface area contributed by atoms with Crippen LogP contribution in [0.15, 0.2) is 18.2 Å². The lowest BCUT2D eigenvalue weighted by Crippen LogP contribution is -3.28. The number of benzene rings is 1. The fourth-order valence-corrected chi connectivity index (χ4v) is 3.62. The summed E-state index contributed by atoms with van der Waals surface area (Å²) in [6.45, 7) is 10.3. The van der Waals surface area contributed by atoms with Crippen LogP contribution < -0.4 is 19.9 Å². The minimum absolute atomic E-state index is 0.669. The van der Waals surface area contributed by atoms with Gasteiger partial charge in [-0.3, -0.25) is 0 Å². The van der Waals surface area contributed by atoms with Crippen LogP contribution in [0, 0.1) is 0 Å². The third-order valence-electron chi connectivity index (χ3n) is 4.81. The first kappa shape index (κ1) is 13.9. The molecule has 0 bridgehead atoms. The summed E-state index contributed by atoms with van der Waals surface area (Å²) in [5, 5.41) is 2.46. The molecule has 110 valence electrons. The molecule has 2 heterocycles. The molecule has 4 N–H and O–H groups in total. The predicted octanol–water partition coefficient (Wildman–Crippen LogP) is -2.38. The van der Waals surface area contributed by atoms with Gasteiger partial charge < -0.3 is 19.9 Å². The number of hydrogen-bond acceptors (Lipinski definition) is 1. The Bertz CT molecular complexity index is 455. The Kier molecular flexibility index (Phi) is 4.24. The van der Waals surface area contributed by atoms with Gasteiger partial charge in [0.25, 0.3) is 0 Å². The molecule has 20 heavy (non-hydrogen) atoms. The van der Waals surface area contributed by atoms with Gasteiger partial charge in [0.05, 0.1) is 13.7 Å². The number of likely N-dealkylation sites (N-methyl/N-ethyl adjacent to an activating group) is 1. The minimum Gasteiger partial charge on any atom is -0.494 e. The summed E-state index contributed by atoms with van der Waals surface area (Å²) < 4.78 is 5.64. The van der Waals surface area contributed by atoms with Crippen molar-refractivity contribution in [3.63, 3.8) is 0 Å². The molecule has 0 amide bonds. The van der Waals surface area contributed by atoms with Crippen LogP contribution in [0.2, 0.25) is 0 Å². The fraction of sp³-hybridized carbons (Fsp3) is 0.625. The number of hydrogen-bond donors (Lipinski definition) is 3. The molecule has 0 radical (unpaired) electrons. The highest BCUT2D eigenvalue weighted by Crippen LogP contribution is 2.22. The molecule has 1 atom stereocenters. The average molecular weight is 278 g/mol. The Morgan fingerprint density at radius 2 is 2.05 bits per heavy atom. The van der Waals surface area contributed by atoms with Gasteiger partial charge in [0.1, 0.15) is 45.0 Å². The predicted molar refractivity (Wildman–Crippen MR) is 78.2 cm³/mol. The van der Waals surface area contributed by atoms with Crippen molar-refractivity contribution >= 4 is 0 Å². The number of fused-ring (bicyclic) bond motifs is 1. The van der Waals surface area contributed by atoms with Crippen LogP contribution in [0.25, 0.3) is 0 Å². The lowest BCUT2D eigenvalue weighted by Gasteiger charge is -2.35. The van der Waals surface area contributed by atoms with Crippen LogP contribution in [-0.4, -0.2) is 46.4 Å². The molecule has 0 unspecified atom stereocenters. The van der Waals surface area contributed by atoms with Gasteiger partial charge in [-0.2, -0.15) is 0 Å². The summed E-state index contributed by atoms with van der Waals surface area (Å²) in [4.78, 5) is 3.46. The highest BCUT2D eigenvalue weighted by atomic mass is 16.5. The Morgan fingerprint density at radius 1 is 1.25 bits per heavy atom. The molecule has 4 nitrogen and oxygen atoms in total. The second-order valence-electron chi connectivity index (χ2n) is 6.19. The number of quaternary nitrogens is 3. The summed E-state index contributed by atoms with van der Waals surface area (Å²) >= 11 is 0. The second-order valence-corrected chi connectivity index (χ2v) is 6.19. The molecule has 2 aliphatic heterocycles. The zero-order valence-electron chi connectivity index (χ0n) is 12.7. The first-order valence-corrected chi connectivity index (χ1v) is 8.01. The maximum absolute atomic E-state index is 5.64. The van der Waals surface area contributed by atoms with Gasteiger partial charge in [0.15, 0.2) is 6.04 Å². The number of piperazine rings is 1. The Balaban J connectivity index is 1.79. The lowest BCUT2D eigenvalue weighted by atomic mass is 9.94. The summed E-state index contributed by atoms with van der Waals surface area (Å²) in [6, 6.07) is 7.39. The fourth-order valence-electron chi connectivity index (χ4n) is 3.62. The molecule has 1 aromatic carbocycles. The van der Waals surface area contributed by atoms with Gasteiger partial charge in [-0.1, -0.05) is 0 Å². The molecule has 0 aromatic heterocycles. The molecule has 0 aliphatic carbocycles. The molecule has 3 rings (SSSR count). The SMILES string of the molecule is CCOc1ccc2c(c1)C[NH2+]C[C@@H]2[NH+]1CC[NH+](C)CC1. The van der Waals surface area contributed by atoms with Gasteiger partial charge in [-0.15, -0.1) is 0 Å². The van der Waals surface area contributed by atoms with Crippen LogP contribution in [0.3, 0.4) is 0 Å². The molecule has 1 saturated heterocycles. The molecule has 2 aliphatic rings. The van der Waals surface area contributed by atoms with Crippen molar-refractivity contribution in [1.29, 1.82) is 0 Å². The largest absolute Gasteiger partial charge is 0.494 e. The molecule has 0 saturated carbocycles. The van der Waals surface area contributed by atoms with E-state index in [-0.39, 0.29) is 0 Å². The van der Waals surface area contributed by atoms with E-state index < -0.39 is 0 Å². The van der Waals surface area contributed by atoms with Gasteiger partial charge in [-0.25, -0.2) is 0 Å². The molecular formula is C16H28N3O+3. The van der Waals surface area contributed by atoms with E-state index in [4.69, 9.17) is 4.74 Å². The van der Waals surface area contributed by atoms with Crippen LogP contribution in [0.4, 0.5) is 0 Å². The van der Waals surface area contributed by atoms with Crippen molar-refractivity contribution < 1.29 is 19.9 Å². The van der Waals surface area contributed by atoms with E-state index in [1.807, 2.05) is 6.92 Å². The normalized spacial score (nSPS) is 29.8. The summed E-state index contributed by atoms with van der Waals surface area (Å²) in [5.41, 5.74) is 3.04. The van der Waals surface area contributed by atoms with Crippen molar-refractivity contribution in [2.45, 2.75) is 19.5 Å². The third-order valence-corrected chi connectivity index (χ3v) is 4.81. The number of ether oxygens (including phenoxy) is 1. The Hall–Kier alpha value is -1.10. The van der Waals surface area contributed by atoms with Gasteiger partial charge in [-0.05, 0) is 25.1 Å². The van der Waals surface area contributed by atoms with Crippen LogP contribution in [0.1, 0.15) is 24.1 Å². The molecular weight excluding hydrogens is 250 g/mol. The minimum atomic E-state index is 0.669. The molecule has 4 heteroatoms. The molecule has 1 fully saturated rings. The summed E-state index contributed by atoms with van der Waals surface area (Å²) in [5.74, 6) is 1.03. The van der Waals surface area contributed by atoms with Crippen LogP contribution >= 0.6 is 0 Å². The van der Waals surface area contributed by atoms with Gasteiger partial charge in [0.2, 0.25) is 0 Å². The summed E-state index contributed by atoms with van der Waals surface area (Å²) in [6.07, 6.45) is 0. The first-order valence-electron chi connectivity index (χ1n) is 8.01. The van der Waals surface area contributed by atoms with E-state index in [2.05, 4.69) is 30.6 Å². The van der Waals surface area contributed by atoms with E-state index >= 15 is 0 Å². The number of nitrogens with two attached hydrogens (primary N) is 1. The number of nitrogens with one attached hydrogen (secondary N) is 2. The molecule has 0 spiro atoms. The van der Waals surface area contributed by atoms with E-state index in [1.54, 1.807) is 15.4 Å². The van der Waals surface area contributed by atoms with Crippen LogP contribution in [-0.2, 0) is 6.54 Å².